The molecule has 1 aromatic carbocycles. The Kier molecular flexibility index (Phi) is 4.16. The number of halogens is 1. The van der Waals surface area contributed by atoms with Gasteiger partial charge in [-0.1, -0.05) is 22.0 Å². The maximum absolute atomic E-state index is 3.42. The Balaban J connectivity index is 2.69. The molecule has 0 amide bonds. The lowest BCUT2D eigenvalue weighted by molar-refractivity contribution is 1.28. The van der Waals surface area contributed by atoms with Gasteiger partial charge in [-0.05, 0) is 37.1 Å². The SMILES string of the molecule is Cc1ccc(SCCBr)cc1C. The molecule has 0 radical (unpaired) electrons. The first-order chi connectivity index (χ1) is 5.74. The molecule has 0 heterocycles. The Hall–Kier alpha value is 0.0500. The van der Waals surface area contributed by atoms with Gasteiger partial charge in [-0.2, -0.15) is 0 Å². The van der Waals surface area contributed by atoms with Crippen molar-refractivity contribution >= 4 is 27.7 Å². The molecule has 0 unspecified atom stereocenters. The van der Waals surface area contributed by atoms with Gasteiger partial charge < -0.3 is 0 Å². The molecule has 0 saturated carbocycles. The highest BCUT2D eigenvalue weighted by Gasteiger charge is 1.95. The van der Waals surface area contributed by atoms with Crippen LogP contribution < -0.4 is 0 Å². The second kappa shape index (κ2) is 4.93. The number of benzene rings is 1. The minimum Gasteiger partial charge on any atom is -0.125 e. The van der Waals surface area contributed by atoms with Crippen LogP contribution in [0.5, 0.6) is 0 Å². The summed E-state index contributed by atoms with van der Waals surface area (Å²) in [6.07, 6.45) is 0. The Morgan fingerprint density at radius 1 is 1.25 bits per heavy atom. The first-order valence-corrected chi connectivity index (χ1v) is 6.11. The van der Waals surface area contributed by atoms with E-state index in [2.05, 4.69) is 48.0 Å². The molecular formula is C10H13BrS. The summed E-state index contributed by atoms with van der Waals surface area (Å²) in [6, 6.07) is 6.63. The molecule has 0 aliphatic rings. The average Bonchev–Trinajstić information content (AvgIpc) is 2.07. The second-order valence-corrected chi connectivity index (χ2v) is 4.74. The van der Waals surface area contributed by atoms with Crippen LogP contribution in [0.3, 0.4) is 0 Å². The van der Waals surface area contributed by atoms with Gasteiger partial charge >= 0.3 is 0 Å². The van der Waals surface area contributed by atoms with Crippen molar-refractivity contribution in [3.8, 4) is 0 Å². The topological polar surface area (TPSA) is 0 Å². The summed E-state index contributed by atoms with van der Waals surface area (Å²) >= 11 is 5.32. The molecule has 0 atom stereocenters. The molecule has 0 nitrogen and oxygen atoms in total. The molecule has 1 aromatic rings. The van der Waals surface area contributed by atoms with Crippen LogP contribution in [0.4, 0.5) is 0 Å². The maximum Gasteiger partial charge on any atom is 0.0126 e. The first kappa shape index (κ1) is 10.1. The van der Waals surface area contributed by atoms with E-state index in [0.29, 0.717) is 0 Å². The highest BCUT2D eigenvalue weighted by atomic mass is 79.9. The fourth-order valence-corrected chi connectivity index (χ4v) is 2.18. The molecule has 66 valence electrons. The van der Waals surface area contributed by atoms with E-state index in [4.69, 9.17) is 0 Å². The predicted octanol–water partition coefficient (Wildman–Crippen LogP) is 3.79. The highest BCUT2D eigenvalue weighted by Crippen LogP contribution is 2.20. The largest absolute Gasteiger partial charge is 0.125 e. The van der Waals surface area contributed by atoms with Crippen molar-refractivity contribution in [3.63, 3.8) is 0 Å². The third-order valence-electron chi connectivity index (χ3n) is 1.82. The van der Waals surface area contributed by atoms with Crippen LogP contribution >= 0.6 is 27.7 Å². The standard InChI is InChI=1S/C10H13BrS/c1-8-3-4-10(7-9(8)2)12-6-5-11/h3-4,7H,5-6H2,1-2H3. The monoisotopic (exact) mass is 244 g/mol. The minimum absolute atomic E-state index is 1.06. The number of thioether (sulfide) groups is 1. The molecule has 0 spiro atoms. The van der Waals surface area contributed by atoms with Crippen molar-refractivity contribution in [2.24, 2.45) is 0 Å². The van der Waals surface area contributed by atoms with Crippen LogP contribution in [-0.2, 0) is 0 Å². The van der Waals surface area contributed by atoms with Crippen LogP contribution in [0.2, 0.25) is 0 Å². The Labute approximate surface area is 86.9 Å². The molecule has 1 rings (SSSR count). The lowest BCUT2D eigenvalue weighted by atomic mass is 10.1. The predicted molar refractivity (Wildman–Crippen MR) is 60.4 cm³/mol. The van der Waals surface area contributed by atoms with Crippen LogP contribution in [0.1, 0.15) is 11.1 Å². The van der Waals surface area contributed by atoms with Gasteiger partial charge in [0.25, 0.3) is 0 Å². The van der Waals surface area contributed by atoms with Crippen LogP contribution in [0.25, 0.3) is 0 Å². The number of hydrogen-bond acceptors (Lipinski definition) is 1. The van der Waals surface area contributed by atoms with Gasteiger partial charge in [-0.15, -0.1) is 11.8 Å². The van der Waals surface area contributed by atoms with E-state index in [1.54, 1.807) is 0 Å². The van der Waals surface area contributed by atoms with Gasteiger partial charge in [0, 0.05) is 16.0 Å². The molecule has 0 bridgehead atoms. The zero-order valence-electron chi connectivity index (χ0n) is 7.43. The Morgan fingerprint density at radius 2 is 2.00 bits per heavy atom. The summed E-state index contributed by atoms with van der Waals surface area (Å²) < 4.78 is 0. The van der Waals surface area contributed by atoms with Crippen molar-refractivity contribution in [2.75, 3.05) is 11.1 Å². The average molecular weight is 245 g/mol. The molecule has 0 fully saturated rings. The highest BCUT2D eigenvalue weighted by molar-refractivity contribution is 9.09. The summed E-state index contributed by atoms with van der Waals surface area (Å²) in [5.74, 6) is 1.14. The summed E-state index contributed by atoms with van der Waals surface area (Å²) in [6.45, 7) is 4.31. The minimum atomic E-state index is 1.06. The Bertz CT molecular complexity index is 258. The molecule has 0 aliphatic carbocycles. The van der Waals surface area contributed by atoms with Crippen molar-refractivity contribution < 1.29 is 0 Å². The van der Waals surface area contributed by atoms with Crippen molar-refractivity contribution in [3.05, 3.63) is 29.3 Å². The molecule has 2 heteroatoms. The number of rotatable bonds is 3. The van der Waals surface area contributed by atoms with Crippen LogP contribution in [0, 0.1) is 13.8 Å². The van der Waals surface area contributed by atoms with Crippen LogP contribution in [0.15, 0.2) is 23.1 Å². The third kappa shape index (κ3) is 2.83. The first-order valence-electron chi connectivity index (χ1n) is 4.00. The van der Waals surface area contributed by atoms with E-state index >= 15 is 0 Å². The number of alkyl halides is 1. The zero-order valence-corrected chi connectivity index (χ0v) is 9.83. The van der Waals surface area contributed by atoms with Gasteiger partial charge in [0.15, 0.2) is 0 Å². The Morgan fingerprint density at radius 3 is 2.58 bits per heavy atom. The van der Waals surface area contributed by atoms with E-state index < -0.39 is 0 Å². The summed E-state index contributed by atoms with van der Waals surface area (Å²) in [4.78, 5) is 1.37. The van der Waals surface area contributed by atoms with Gasteiger partial charge in [-0.25, -0.2) is 0 Å². The fourth-order valence-electron chi connectivity index (χ4n) is 0.960. The number of hydrogen-bond donors (Lipinski definition) is 0. The van der Waals surface area contributed by atoms with Crippen molar-refractivity contribution in [2.45, 2.75) is 18.7 Å². The summed E-state index contributed by atoms with van der Waals surface area (Å²) in [5, 5.41) is 1.06. The van der Waals surface area contributed by atoms with Crippen molar-refractivity contribution in [1.29, 1.82) is 0 Å². The molecule has 0 aromatic heterocycles. The summed E-state index contributed by atoms with van der Waals surface area (Å²) in [5.41, 5.74) is 2.76. The van der Waals surface area contributed by atoms with E-state index in [9.17, 15) is 0 Å². The molecule has 0 saturated heterocycles. The van der Waals surface area contributed by atoms with Gasteiger partial charge in [0.05, 0.1) is 0 Å². The molecule has 0 N–H and O–H groups in total. The fraction of sp³-hybridized carbons (Fsp3) is 0.400. The quantitative estimate of drug-likeness (QED) is 0.576. The van der Waals surface area contributed by atoms with Gasteiger partial charge in [0.1, 0.15) is 0 Å². The molecule has 12 heavy (non-hydrogen) atoms. The van der Waals surface area contributed by atoms with Crippen LogP contribution in [-0.4, -0.2) is 11.1 Å². The van der Waals surface area contributed by atoms with Gasteiger partial charge in [-0.3, -0.25) is 0 Å². The van der Waals surface area contributed by atoms with E-state index in [0.717, 1.165) is 11.1 Å². The van der Waals surface area contributed by atoms with E-state index in [1.165, 1.54) is 16.0 Å². The lowest BCUT2D eigenvalue weighted by Gasteiger charge is -2.03. The van der Waals surface area contributed by atoms with Crippen molar-refractivity contribution in [1.82, 2.24) is 0 Å². The smallest absolute Gasteiger partial charge is 0.0126 e. The second-order valence-electron chi connectivity index (χ2n) is 2.78. The molecular weight excluding hydrogens is 232 g/mol. The lowest BCUT2D eigenvalue weighted by Crippen LogP contribution is -1.83. The maximum atomic E-state index is 3.42. The van der Waals surface area contributed by atoms with E-state index in [-0.39, 0.29) is 0 Å². The zero-order chi connectivity index (χ0) is 8.97. The molecule has 0 aliphatic heterocycles. The normalized spacial score (nSPS) is 10.2. The van der Waals surface area contributed by atoms with E-state index in [1.807, 2.05) is 11.8 Å². The summed E-state index contributed by atoms with van der Waals surface area (Å²) in [7, 11) is 0. The van der Waals surface area contributed by atoms with Gasteiger partial charge in [0.2, 0.25) is 0 Å². The number of aryl methyl sites for hydroxylation is 2. The third-order valence-corrected chi connectivity index (χ3v) is 3.74.